The number of halogens is 1. The van der Waals surface area contributed by atoms with Crippen molar-refractivity contribution >= 4 is 40.2 Å². The van der Waals surface area contributed by atoms with E-state index < -0.39 is 5.97 Å². The second kappa shape index (κ2) is 7.36. The van der Waals surface area contributed by atoms with Gasteiger partial charge in [0, 0.05) is 11.4 Å². The van der Waals surface area contributed by atoms with Gasteiger partial charge in [-0.1, -0.05) is 11.6 Å². The van der Waals surface area contributed by atoms with Crippen LogP contribution >= 0.6 is 11.6 Å². The average molecular weight is 387 g/mol. The molecule has 0 spiro atoms. The maximum Gasteiger partial charge on any atom is 0.337 e. The third kappa shape index (κ3) is 3.64. The van der Waals surface area contributed by atoms with E-state index in [0.717, 1.165) is 11.0 Å². The number of anilines is 1. The second-order valence-corrected chi connectivity index (χ2v) is 6.76. The maximum absolute atomic E-state index is 12.8. The number of amides is 1. The molecule has 7 nitrogen and oxygen atoms in total. The number of ether oxygens (including phenoxy) is 1. The summed E-state index contributed by atoms with van der Waals surface area (Å²) in [5.74, 6) is -0.884. The zero-order valence-electron chi connectivity index (χ0n) is 15.4. The lowest BCUT2D eigenvalue weighted by Crippen LogP contribution is -2.15. The number of aromatic nitrogens is 3. The predicted molar refractivity (Wildman–Crippen MR) is 103 cm³/mol. The summed E-state index contributed by atoms with van der Waals surface area (Å²) in [7, 11) is 1.29. The third-order valence-electron chi connectivity index (χ3n) is 4.13. The molecule has 3 rings (SSSR count). The molecule has 2 heterocycles. The van der Waals surface area contributed by atoms with E-state index in [1.54, 1.807) is 23.9 Å². The van der Waals surface area contributed by atoms with Gasteiger partial charge in [0.25, 0.3) is 5.91 Å². The molecule has 0 atom stereocenters. The normalized spacial score (nSPS) is 11.0. The summed E-state index contributed by atoms with van der Waals surface area (Å²) < 4.78 is 6.50. The first-order valence-corrected chi connectivity index (χ1v) is 8.73. The SMILES string of the molecule is COC(=O)c1ccc(Cl)c(NC(=O)c2cc3cnn(C(C)C)c3nc2C)c1. The van der Waals surface area contributed by atoms with Gasteiger partial charge >= 0.3 is 5.97 Å². The molecule has 140 valence electrons. The van der Waals surface area contributed by atoms with Crippen molar-refractivity contribution in [2.75, 3.05) is 12.4 Å². The maximum atomic E-state index is 12.8. The van der Waals surface area contributed by atoms with Crippen molar-refractivity contribution in [3.8, 4) is 0 Å². The van der Waals surface area contributed by atoms with Gasteiger partial charge in [0.1, 0.15) is 0 Å². The number of carbonyl (C=O) groups excluding carboxylic acids is 2. The largest absolute Gasteiger partial charge is 0.465 e. The van der Waals surface area contributed by atoms with Gasteiger partial charge in [0.05, 0.1) is 40.8 Å². The van der Waals surface area contributed by atoms with E-state index in [0.29, 0.717) is 27.5 Å². The molecule has 0 saturated carbocycles. The zero-order chi connectivity index (χ0) is 19.7. The number of methoxy groups -OCH3 is 1. The van der Waals surface area contributed by atoms with Crippen LogP contribution in [0.25, 0.3) is 11.0 Å². The fourth-order valence-electron chi connectivity index (χ4n) is 2.73. The number of pyridine rings is 1. The van der Waals surface area contributed by atoms with E-state index in [2.05, 4.69) is 15.4 Å². The van der Waals surface area contributed by atoms with Crippen LogP contribution in [0, 0.1) is 6.92 Å². The predicted octanol–water partition coefficient (Wildman–Crippen LogP) is 4.01. The van der Waals surface area contributed by atoms with Crippen LogP contribution in [0.1, 0.15) is 46.3 Å². The van der Waals surface area contributed by atoms with E-state index in [1.807, 2.05) is 13.8 Å². The van der Waals surface area contributed by atoms with Crippen LogP contribution in [0.4, 0.5) is 5.69 Å². The Balaban J connectivity index is 1.95. The fraction of sp³-hybridized carbons (Fsp3) is 0.263. The van der Waals surface area contributed by atoms with Gasteiger partial charge in [-0.2, -0.15) is 5.10 Å². The van der Waals surface area contributed by atoms with E-state index in [1.165, 1.54) is 25.3 Å². The first-order chi connectivity index (χ1) is 12.8. The molecule has 3 aromatic rings. The molecule has 2 aromatic heterocycles. The molecule has 1 aromatic carbocycles. The van der Waals surface area contributed by atoms with Gasteiger partial charge in [-0.05, 0) is 45.0 Å². The zero-order valence-corrected chi connectivity index (χ0v) is 16.2. The monoisotopic (exact) mass is 386 g/mol. The Morgan fingerprint density at radius 1 is 1.26 bits per heavy atom. The summed E-state index contributed by atoms with van der Waals surface area (Å²) >= 11 is 6.15. The molecule has 27 heavy (non-hydrogen) atoms. The quantitative estimate of drug-likeness (QED) is 0.684. The molecular weight excluding hydrogens is 368 g/mol. The first-order valence-electron chi connectivity index (χ1n) is 8.36. The summed E-state index contributed by atoms with van der Waals surface area (Å²) in [6, 6.07) is 6.45. The van der Waals surface area contributed by atoms with Crippen molar-refractivity contribution in [2.24, 2.45) is 0 Å². The highest BCUT2D eigenvalue weighted by Crippen LogP contribution is 2.25. The van der Waals surface area contributed by atoms with Crippen molar-refractivity contribution in [1.29, 1.82) is 0 Å². The number of hydrogen-bond donors (Lipinski definition) is 1. The summed E-state index contributed by atoms with van der Waals surface area (Å²) in [5.41, 5.74) is 2.32. The van der Waals surface area contributed by atoms with Crippen LogP contribution in [-0.2, 0) is 4.74 Å². The van der Waals surface area contributed by atoms with Crippen LogP contribution in [0.5, 0.6) is 0 Å². The number of esters is 1. The summed E-state index contributed by atoms with van der Waals surface area (Å²) in [5, 5.41) is 8.15. The second-order valence-electron chi connectivity index (χ2n) is 6.36. The standard InChI is InChI=1S/C19H19ClN4O3/c1-10(2)24-17-13(9-21-24)7-14(11(3)22-17)18(25)23-16-8-12(19(26)27-4)5-6-15(16)20/h5-10H,1-4H3,(H,23,25). The Labute approximate surface area is 161 Å². The number of rotatable bonds is 4. The fourth-order valence-corrected chi connectivity index (χ4v) is 2.89. The van der Waals surface area contributed by atoms with Crippen LogP contribution in [0.3, 0.4) is 0 Å². The Morgan fingerprint density at radius 2 is 2.00 bits per heavy atom. The van der Waals surface area contributed by atoms with Crippen molar-refractivity contribution in [2.45, 2.75) is 26.8 Å². The lowest BCUT2D eigenvalue weighted by Gasteiger charge is -2.11. The van der Waals surface area contributed by atoms with E-state index in [-0.39, 0.29) is 11.9 Å². The number of nitrogens with zero attached hydrogens (tertiary/aromatic N) is 3. The van der Waals surface area contributed by atoms with Gasteiger partial charge in [0.15, 0.2) is 5.65 Å². The molecule has 0 aliphatic carbocycles. The topological polar surface area (TPSA) is 86.1 Å². The Kier molecular flexibility index (Phi) is 5.14. The molecule has 1 N–H and O–H groups in total. The minimum atomic E-state index is -0.512. The highest BCUT2D eigenvalue weighted by Gasteiger charge is 2.17. The van der Waals surface area contributed by atoms with Crippen molar-refractivity contribution < 1.29 is 14.3 Å². The Hall–Kier alpha value is -2.93. The van der Waals surface area contributed by atoms with Gasteiger partial charge in [-0.15, -0.1) is 0 Å². The molecule has 0 unspecified atom stereocenters. The van der Waals surface area contributed by atoms with E-state index in [4.69, 9.17) is 16.3 Å². The molecule has 0 fully saturated rings. The lowest BCUT2D eigenvalue weighted by molar-refractivity contribution is 0.0600. The summed E-state index contributed by atoms with van der Waals surface area (Å²) in [6.45, 7) is 5.79. The molecule has 0 saturated heterocycles. The molecular formula is C19H19ClN4O3. The molecule has 0 aliphatic rings. The van der Waals surface area contributed by atoms with Crippen LogP contribution in [0.2, 0.25) is 5.02 Å². The van der Waals surface area contributed by atoms with Gasteiger partial charge < -0.3 is 10.1 Å². The summed E-state index contributed by atoms with van der Waals surface area (Å²) in [4.78, 5) is 29.0. The number of nitrogens with one attached hydrogen (secondary N) is 1. The van der Waals surface area contributed by atoms with Gasteiger partial charge in [-0.25, -0.2) is 14.5 Å². The highest BCUT2D eigenvalue weighted by atomic mass is 35.5. The van der Waals surface area contributed by atoms with Gasteiger partial charge in [-0.3, -0.25) is 4.79 Å². The lowest BCUT2D eigenvalue weighted by atomic mass is 10.1. The van der Waals surface area contributed by atoms with E-state index >= 15 is 0 Å². The summed E-state index contributed by atoms with van der Waals surface area (Å²) in [6.07, 6.45) is 1.68. The first kappa shape index (κ1) is 18.8. The number of benzene rings is 1. The highest BCUT2D eigenvalue weighted by molar-refractivity contribution is 6.34. The Bertz CT molecular complexity index is 1040. The minimum absolute atomic E-state index is 0.161. The number of carbonyl (C=O) groups is 2. The molecule has 0 bridgehead atoms. The average Bonchev–Trinajstić information content (AvgIpc) is 3.05. The third-order valence-corrected chi connectivity index (χ3v) is 4.46. The molecule has 0 radical (unpaired) electrons. The molecule has 0 aliphatic heterocycles. The van der Waals surface area contributed by atoms with Crippen molar-refractivity contribution in [3.63, 3.8) is 0 Å². The van der Waals surface area contributed by atoms with Crippen LogP contribution < -0.4 is 5.32 Å². The number of hydrogen-bond acceptors (Lipinski definition) is 5. The molecule has 8 heteroatoms. The minimum Gasteiger partial charge on any atom is -0.465 e. The van der Waals surface area contributed by atoms with E-state index in [9.17, 15) is 9.59 Å². The van der Waals surface area contributed by atoms with Crippen molar-refractivity contribution in [3.05, 3.63) is 52.3 Å². The smallest absolute Gasteiger partial charge is 0.337 e. The van der Waals surface area contributed by atoms with Gasteiger partial charge in [0.2, 0.25) is 0 Å². The van der Waals surface area contributed by atoms with Crippen molar-refractivity contribution in [1.82, 2.24) is 14.8 Å². The Morgan fingerprint density at radius 3 is 2.67 bits per heavy atom. The van der Waals surface area contributed by atoms with Crippen LogP contribution in [-0.4, -0.2) is 33.8 Å². The van der Waals surface area contributed by atoms with Crippen LogP contribution in [0.15, 0.2) is 30.5 Å². The number of aryl methyl sites for hydroxylation is 1. The molecule has 1 amide bonds. The number of fused-ring (bicyclic) bond motifs is 1.